The lowest BCUT2D eigenvalue weighted by Crippen LogP contribution is -2.27. The van der Waals surface area contributed by atoms with Gasteiger partial charge in [-0.15, -0.1) is 0 Å². The number of hydrogen-bond donors (Lipinski definition) is 2. The number of benzene rings is 1. The Hall–Kier alpha value is -1.21. The highest BCUT2D eigenvalue weighted by Gasteiger charge is 2.13. The molecule has 1 aromatic rings. The first-order valence-electron chi connectivity index (χ1n) is 6.83. The Bertz CT molecular complexity index is 425. The molecule has 0 aromatic heterocycles. The summed E-state index contributed by atoms with van der Waals surface area (Å²) in [7, 11) is 1.57. The molecule has 6 heteroatoms. The van der Waals surface area contributed by atoms with Crippen molar-refractivity contribution in [3.05, 3.63) is 29.6 Å². The van der Waals surface area contributed by atoms with Crippen molar-refractivity contribution >= 4 is 0 Å². The average molecular weight is 302 g/mol. The second-order valence-corrected chi connectivity index (χ2v) is 4.92. The molecular weight excluding hydrogens is 279 g/mol. The lowest BCUT2D eigenvalue weighted by molar-refractivity contribution is -0.0425. The number of rotatable bonds is 9. The largest absolute Gasteiger partial charge is 0.490 e. The van der Waals surface area contributed by atoms with E-state index in [1.165, 1.54) is 25.1 Å². The molecular formula is C15H23FO5. The van der Waals surface area contributed by atoms with Gasteiger partial charge in [-0.1, -0.05) is 0 Å². The maximum absolute atomic E-state index is 13.1. The van der Waals surface area contributed by atoms with E-state index in [1.807, 2.05) is 6.92 Å². The fourth-order valence-electron chi connectivity index (χ4n) is 1.77. The molecule has 0 saturated heterocycles. The first-order chi connectivity index (χ1) is 9.93. The van der Waals surface area contributed by atoms with E-state index in [2.05, 4.69) is 0 Å². The van der Waals surface area contributed by atoms with Gasteiger partial charge in [0, 0.05) is 12.7 Å². The minimum Gasteiger partial charge on any atom is -0.490 e. The minimum atomic E-state index is -0.856. The van der Waals surface area contributed by atoms with Crippen molar-refractivity contribution in [2.24, 2.45) is 0 Å². The van der Waals surface area contributed by atoms with Crippen LogP contribution in [0.15, 0.2) is 18.2 Å². The highest BCUT2D eigenvalue weighted by atomic mass is 19.1. The van der Waals surface area contributed by atoms with E-state index in [-0.39, 0.29) is 19.3 Å². The zero-order chi connectivity index (χ0) is 15.8. The van der Waals surface area contributed by atoms with Crippen molar-refractivity contribution < 1.29 is 28.8 Å². The van der Waals surface area contributed by atoms with E-state index < -0.39 is 18.0 Å². The molecule has 0 spiro atoms. The minimum absolute atomic E-state index is 0.00887. The number of halogens is 1. The maximum atomic E-state index is 13.1. The third-order valence-electron chi connectivity index (χ3n) is 2.83. The number of aliphatic hydroxyl groups is 2. The van der Waals surface area contributed by atoms with Crippen molar-refractivity contribution in [3.8, 4) is 5.75 Å². The Morgan fingerprint density at radius 2 is 1.86 bits per heavy atom. The molecule has 0 aliphatic carbocycles. The van der Waals surface area contributed by atoms with Gasteiger partial charge >= 0.3 is 0 Å². The molecule has 2 unspecified atom stereocenters. The molecule has 120 valence electrons. The quantitative estimate of drug-likeness (QED) is 0.726. The highest BCUT2D eigenvalue weighted by molar-refractivity contribution is 5.35. The van der Waals surface area contributed by atoms with Crippen molar-refractivity contribution in [1.29, 1.82) is 0 Å². The summed E-state index contributed by atoms with van der Waals surface area (Å²) in [5.41, 5.74) is 0.343. The lowest BCUT2D eigenvalue weighted by Gasteiger charge is -2.18. The fourth-order valence-corrected chi connectivity index (χ4v) is 1.77. The van der Waals surface area contributed by atoms with Crippen LogP contribution in [0.1, 0.15) is 25.5 Å². The van der Waals surface area contributed by atoms with E-state index in [4.69, 9.17) is 14.2 Å². The maximum Gasteiger partial charge on any atom is 0.125 e. The summed E-state index contributed by atoms with van der Waals surface area (Å²) in [6.45, 7) is 3.90. The molecule has 2 N–H and O–H groups in total. The molecule has 3 atom stereocenters. The van der Waals surface area contributed by atoms with Crippen LogP contribution in [0, 0.1) is 5.82 Å². The summed E-state index contributed by atoms with van der Waals surface area (Å²) in [5, 5.41) is 19.4. The van der Waals surface area contributed by atoms with E-state index in [0.717, 1.165) is 0 Å². The van der Waals surface area contributed by atoms with Gasteiger partial charge in [0.2, 0.25) is 0 Å². The molecule has 1 aromatic carbocycles. The van der Waals surface area contributed by atoms with Crippen LogP contribution in [0.2, 0.25) is 0 Å². The van der Waals surface area contributed by atoms with Gasteiger partial charge < -0.3 is 24.4 Å². The Kier molecular flexibility index (Phi) is 7.60. The van der Waals surface area contributed by atoms with Gasteiger partial charge in [0.25, 0.3) is 0 Å². The van der Waals surface area contributed by atoms with Crippen LogP contribution in [0.5, 0.6) is 5.75 Å². The summed E-state index contributed by atoms with van der Waals surface area (Å²) in [6, 6.07) is 3.88. The van der Waals surface area contributed by atoms with Crippen LogP contribution < -0.4 is 4.74 Å². The smallest absolute Gasteiger partial charge is 0.125 e. The summed E-state index contributed by atoms with van der Waals surface area (Å²) < 4.78 is 28.8. The van der Waals surface area contributed by atoms with Gasteiger partial charge in [-0.05, 0) is 32.0 Å². The zero-order valence-corrected chi connectivity index (χ0v) is 12.6. The van der Waals surface area contributed by atoms with Gasteiger partial charge in [-0.25, -0.2) is 4.39 Å². The van der Waals surface area contributed by atoms with Gasteiger partial charge in [0.1, 0.15) is 24.3 Å². The normalized spacial score (nSPS) is 15.5. The summed E-state index contributed by atoms with van der Waals surface area (Å²) in [4.78, 5) is 0. The Morgan fingerprint density at radius 1 is 1.14 bits per heavy atom. The molecule has 0 aliphatic rings. The number of ether oxygens (including phenoxy) is 3. The third kappa shape index (κ3) is 6.39. The second kappa shape index (κ2) is 8.94. The van der Waals surface area contributed by atoms with E-state index >= 15 is 0 Å². The summed E-state index contributed by atoms with van der Waals surface area (Å²) in [6.07, 6.45) is -1.80. The van der Waals surface area contributed by atoms with Crippen LogP contribution in [-0.2, 0) is 9.47 Å². The van der Waals surface area contributed by atoms with Crippen LogP contribution in [0.4, 0.5) is 4.39 Å². The fraction of sp³-hybridized carbons (Fsp3) is 0.600. The number of methoxy groups -OCH3 is 1. The SMILES string of the molecule is COCC(C)OCC(O)COc1ccc(F)cc1[C@@H](C)O. The molecule has 1 rings (SSSR count). The van der Waals surface area contributed by atoms with Crippen LogP contribution >= 0.6 is 0 Å². The number of aliphatic hydroxyl groups excluding tert-OH is 2. The molecule has 0 aliphatic heterocycles. The number of hydrogen-bond acceptors (Lipinski definition) is 5. The second-order valence-electron chi connectivity index (χ2n) is 4.92. The average Bonchev–Trinajstić information content (AvgIpc) is 2.44. The monoisotopic (exact) mass is 302 g/mol. The van der Waals surface area contributed by atoms with Gasteiger partial charge in [-0.2, -0.15) is 0 Å². The van der Waals surface area contributed by atoms with Crippen molar-refractivity contribution in [1.82, 2.24) is 0 Å². The Labute approximate surface area is 124 Å². The van der Waals surface area contributed by atoms with E-state index in [9.17, 15) is 14.6 Å². The molecule has 0 saturated carbocycles. The predicted octanol–water partition coefficient (Wildman–Crippen LogP) is 1.67. The first kappa shape index (κ1) is 17.8. The van der Waals surface area contributed by atoms with E-state index in [1.54, 1.807) is 7.11 Å². The van der Waals surface area contributed by atoms with Crippen LogP contribution in [0.25, 0.3) is 0 Å². The molecule has 0 radical (unpaired) electrons. The van der Waals surface area contributed by atoms with Gasteiger partial charge in [0.15, 0.2) is 0 Å². The summed E-state index contributed by atoms with van der Waals surface area (Å²) in [5.74, 6) is -0.106. The first-order valence-corrected chi connectivity index (χ1v) is 6.83. The van der Waals surface area contributed by atoms with Crippen LogP contribution in [-0.4, -0.2) is 49.4 Å². The van der Waals surface area contributed by atoms with Crippen molar-refractivity contribution in [2.45, 2.75) is 32.2 Å². The standard InChI is InChI=1S/C15H23FO5/c1-10(7-19-3)20-8-13(18)9-21-15-5-4-12(16)6-14(15)11(2)17/h4-6,10-11,13,17-18H,7-9H2,1-3H3/t10?,11-,13?/m1/s1. The Morgan fingerprint density at radius 3 is 2.48 bits per heavy atom. The van der Waals surface area contributed by atoms with Gasteiger partial charge in [0.05, 0.1) is 25.4 Å². The molecule has 0 fully saturated rings. The predicted molar refractivity (Wildman–Crippen MR) is 75.8 cm³/mol. The van der Waals surface area contributed by atoms with E-state index in [0.29, 0.717) is 17.9 Å². The third-order valence-corrected chi connectivity index (χ3v) is 2.83. The van der Waals surface area contributed by atoms with Crippen molar-refractivity contribution in [3.63, 3.8) is 0 Å². The summed E-state index contributed by atoms with van der Waals surface area (Å²) >= 11 is 0. The molecule has 0 amide bonds. The molecule has 5 nitrogen and oxygen atoms in total. The topological polar surface area (TPSA) is 68.2 Å². The molecule has 21 heavy (non-hydrogen) atoms. The van der Waals surface area contributed by atoms with Crippen molar-refractivity contribution in [2.75, 3.05) is 26.9 Å². The van der Waals surface area contributed by atoms with Gasteiger partial charge in [-0.3, -0.25) is 0 Å². The highest BCUT2D eigenvalue weighted by Crippen LogP contribution is 2.26. The molecule has 0 bridgehead atoms. The molecule has 0 heterocycles. The van der Waals surface area contributed by atoms with Crippen LogP contribution in [0.3, 0.4) is 0 Å². The zero-order valence-electron chi connectivity index (χ0n) is 12.6. The lowest BCUT2D eigenvalue weighted by atomic mass is 10.1. The Balaban J connectivity index is 2.47.